The van der Waals surface area contributed by atoms with Gasteiger partial charge in [0.1, 0.15) is 0 Å². The van der Waals surface area contributed by atoms with Crippen molar-refractivity contribution in [2.24, 2.45) is 0 Å². The van der Waals surface area contributed by atoms with E-state index in [0.717, 1.165) is 17.5 Å². The molecular weight excluding hydrogens is 242 g/mol. The van der Waals surface area contributed by atoms with Gasteiger partial charge in [-0.15, -0.1) is 0 Å². The van der Waals surface area contributed by atoms with Crippen molar-refractivity contribution >= 4 is 11.9 Å². The first-order valence-corrected chi connectivity index (χ1v) is 6.00. The number of nitrogens with zero attached hydrogens (tertiary/aromatic N) is 2. The molecule has 2 aromatic rings. The van der Waals surface area contributed by atoms with Gasteiger partial charge in [0.15, 0.2) is 0 Å². The molecule has 2 N–H and O–H groups in total. The Labute approximate surface area is 111 Å². The number of nitrogens with one attached hydrogen (secondary N) is 1. The molecule has 2 rings (SSSR count). The Kier molecular flexibility index (Phi) is 4.07. The predicted molar refractivity (Wildman–Crippen MR) is 72.4 cm³/mol. The molecule has 0 radical (unpaired) electrons. The summed E-state index contributed by atoms with van der Waals surface area (Å²) in [7, 11) is 0. The Morgan fingerprint density at radius 3 is 2.42 bits per heavy atom. The van der Waals surface area contributed by atoms with Crippen LogP contribution in [0.1, 0.15) is 21.5 Å². The number of carboxylic acids is 1. The zero-order valence-corrected chi connectivity index (χ0v) is 10.6. The average molecular weight is 257 g/mol. The van der Waals surface area contributed by atoms with E-state index in [4.69, 9.17) is 5.11 Å². The standard InChI is InChI=1S/C14H15N3O2/c1-10-8-16-14(17-9-10)15-7-6-11-2-4-12(5-3-11)13(18)19/h2-5,8-9H,6-7H2,1H3,(H,18,19)(H,15,16,17). The number of carbonyl (C=O) groups is 1. The van der Waals surface area contributed by atoms with Gasteiger partial charge in [0.2, 0.25) is 5.95 Å². The number of hydrogen-bond donors (Lipinski definition) is 2. The Balaban J connectivity index is 1.85. The molecule has 0 aliphatic carbocycles. The molecule has 0 saturated heterocycles. The third-order valence-corrected chi connectivity index (χ3v) is 2.68. The summed E-state index contributed by atoms with van der Waals surface area (Å²) in [5, 5.41) is 11.9. The number of aryl methyl sites for hydroxylation is 1. The quantitative estimate of drug-likeness (QED) is 0.858. The van der Waals surface area contributed by atoms with Crippen molar-refractivity contribution in [3.63, 3.8) is 0 Å². The normalized spacial score (nSPS) is 10.2. The van der Waals surface area contributed by atoms with Crippen LogP contribution < -0.4 is 5.32 Å². The number of aromatic nitrogens is 2. The maximum Gasteiger partial charge on any atom is 0.335 e. The Morgan fingerprint density at radius 2 is 1.84 bits per heavy atom. The van der Waals surface area contributed by atoms with Gasteiger partial charge in [-0.05, 0) is 36.6 Å². The summed E-state index contributed by atoms with van der Waals surface area (Å²) in [5.41, 5.74) is 2.40. The van der Waals surface area contributed by atoms with Crippen molar-refractivity contribution in [1.29, 1.82) is 0 Å². The van der Waals surface area contributed by atoms with Crippen LogP contribution in [0.3, 0.4) is 0 Å². The van der Waals surface area contributed by atoms with E-state index in [2.05, 4.69) is 15.3 Å². The van der Waals surface area contributed by atoms with Crippen LogP contribution in [-0.2, 0) is 6.42 Å². The fourth-order valence-electron chi connectivity index (χ4n) is 1.62. The number of benzene rings is 1. The predicted octanol–water partition coefficient (Wildman–Crippen LogP) is 2.14. The van der Waals surface area contributed by atoms with Gasteiger partial charge >= 0.3 is 5.97 Å². The van der Waals surface area contributed by atoms with Gasteiger partial charge in [0.25, 0.3) is 0 Å². The Hall–Kier alpha value is -2.43. The van der Waals surface area contributed by atoms with Crippen LogP contribution in [0.25, 0.3) is 0 Å². The van der Waals surface area contributed by atoms with E-state index in [1.165, 1.54) is 0 Å². The second-order valence-electron chi connectivity index (χ2n) is 4.26. The molecule has 5 nitrogen and oxygen atoms in total. The van der Waals surface area contributed by atoms with Crippen molar-refractivity contribution in [3.8, 4) is 0 Å². The zero-order valence-electron chi connectivity index (χ0n) is 10.6. The lowest BCUT2D eigenvalue weighted by molar-refractivity contribution is 0.0697. The molecule has 0 saturated carbocycles. The summed E-state index contributed by atoms with van der Waals surface area (Å²) in [6.45, 7) is 2.64. The molecule has 0 amide bonds. The van der Waals surface area contributed by atoms with Crippen molar-refractivity contribution < 1.29 is 9.90 Å². The summed E-state index contributed by atoms with van der Waals surface area (Å²) in [5.74, 6) is -0.300. The summed E-state index contributed by atoms with van der Waals surface area (Å²) < 4.78 is 0. The zero-order chi connectivity index (χ0) is 13.7. The summed E-state index contributed by atoms with van der Waals surface area (Å²) in [6, 6.07) is 6.86. The fourth-order valence-corrected chi connectivity index (χ4v) is 1.62. The Bertz CT molecular complexity index is 550. The molecule has 1 aromatic carbocycles. The van der Waals surface area contributed by atoms with Crippen LogP contribution in [0.4, 0.5) is 5.95 Å². The summed E-state index contributed by atoms with van der Waals surface area (Å²) in [6.07, 6.45) is 4.31. The lowest BCUT2D eigenvalue weighted by atomic mass is 10.1. The van der Waals surface area contributed by atoms with Crippen LogP contribution >= 0.6 is 0 Å². The molecule has 98 valence electrons. The number of hydrogen-bond acceptors (Lipinski definition) is 4. The average Bonchev–Trinajstić information content (AvgIpc) is 2.41. The summed E-state index contributed by atoms with van der Waals surface area (Å²) in [4.78, 5) is 19.0. The number of carboxylic acid groups (broad SMARTS) is 1. The van der Waals surface area contributed by atoms with Gasteiger partial charge in [-0.3, -0.25) is 0 Å². The maximum absolute atomic E-state index is 10.7. The van der Waals surface area contributed by atoms with Crippen molar-refractivity contribution in [1.82, 2.24) is 9.97 Å². The highest BCUT2D eigenvalue weighted by Gasteiger charge is 2.01. The van der Waals surface area contributed by atoms with E-state index in [0.29, 0.717) is 18.1 Å². The van der Waals surface area contributed by atoms with Gasteiger partial charge in [0, 0.05) is 18.9 Å². The van der Waals surface area contributed by atoms with Gasteiger partial charge in [-0.2, -0.15) is 0 Å². The number of anilines is 1. The van der Waals surface area contributed by atoms with Crippen molar-refractivity contribution in [2.45, 2.75) is 13.3 Å². The van der Waals surface area contributed by atoms with E-state index < -0.39 is 5.97 Å². The monoisotopic (exact) mass is 257 g/mol. The van der Waals surface area contributed by atoms with Crippen molar-refractivity contribution in [2.75, 3.05) is 11.9 Å². The molecule has 0 unspecified atom stereocenters. The van der Waals surface area contributed by atoms with Crippen LogP contribution in [-0.4, -0.2) is 27.6 Å². The number of rotatable bonds is 5. The van der Waals surface area contributed by atoms with Crippen molar-refractivity contribution in [3.05, 3.63) is 53.3 Å². The molecule has 0 bridgehead atoms. The lowest BCUT2D eigenvalue weighted by Gasteiger charge is -2.05. The fraction of sp³-hybridized carbons (Fsp3) is 0.214. The molecule has 0 atom stereocenters. The largest absolute Gasteiger partial charge is 0.478 e. The molecular formula is C14H15N3O2. The minimum atomic E-state index is -0.905. The second kappa shape index (κ2) is 5.95. The number of aromatic carboxylic acids is 1. The van der Waals surface area contributed by atoms with E-state index in [1.54, 1.807) is 24.5 Å². The van der Waals surface area contributed by atoms with E-state index in [1.807, 2.05) is 19.1 Å². The SMILES string of the molecule is Cc1cnc(NCCc2ccc(C(=O)O)cc2)nc1. The topological polar surface area (TPSA) is 75.1 Å². The highest BCUT2D eigenvalue weighted by atomic mass is 16.4. The molecule has 1 aromatic heterocycles. The van der Waals surface area contributed by atoms with Crippen LogP contribution in [0.5, 0.6) is 0 Å². The molecule has 0 spiro atoms. The van der Waals surface area contributed by atoms with Gasteiger partial charge < -0.3 is 10.4 Å². The molecule has 0 fully saturated rings. The summed E-state index contributed by atoms with van der Waals surface area (Å²) >= 11 is 0. The van der Waals surface area contributed by atoms with E-state index in [9.17, 15) is 4.79 Å². The highest BCUT2D eigenvalue weighted by molar-refractivity contribution is 5.87. The Morgan fingerprint density at radius 1 is 1.21 bits per heavy atom. The third kappa shape index (κ3) is 3.77. The van der Waals surface area contributed by atoms with Crippen LogP contribution in [0, 0.1) is 6.92 Å². The van der Waals surface area contributed by atoms with E-state index >= 15 is 0 Å². The van der Waals surface area contributed by atoms with Crippen LogP contribution in [0.2, 0.25) is 0 Å². The minimum absolute atomic E-state index is 0.304. The second-order valence-corrected chi connectivity index (χ2v) is 4.26. The highest BCUT2D eigenvalue weighted by Crippen LogP contribution is 2.06. The van der Waals surface area contributed by atoms with Crippen LogP contribution in [0.15, 0.2) is 36.7 Å². The molecule has 1 heterocycles. The van der Waals surface area contributed by atoms with E-state index in [-0.39, 0.29) is 0 Å². The molecule has 0 aliphatic heterocycles. The first-order chi connectivity index (χ1) is 9.15. The first kappa shape index (κ1) is 13.0. The molecule has 0 aliphatic rings. The van der Waals surface area contributed by atoms with Gasteiger partial charge in [0.05, 0.1) is 5.56 Å². The van der Waals surface area contributed by atoms with Gasteiger partial charge in [-0.1, -0.05) is 12.1 Å². The molecule has 19 heavy (non-hydrogen) atoms. The molecule has 5 heteroatoms. The third-order valence-electron chi connectivity index (χ3n) is 2.68. The van der Waals surface area contributed by atoms with Gasteiger partial charge in [-0.25, -0.2) is 14.8 Å². The smallest absolute Gasteiger partial charge is 0.335 e. The maximum atomic E-state index is 10.7. The minimum Gasteiger partial charge on any atom is -0.478 e. The first-order valence-electron chi connectivity index (χ1n) is 6.00. The lowest BCUT2D eigenvalue weighted by Crippen LogP contribution is -2.08.